The van der Waals surface area contributed by atoms with Gasteiger partial charge in [0.25, 0.3) is 0 Å². The van der Waals surface area contributed by atoms with E-state index in [1.807, 2.05) is 6.20 Å². The molecule has 0 fully saturated rings. The topological polar surface area (TPSA) is 50.5 Å². The number of likely N-dealkylation sites (N-methyl/N-ethyl adjacent to an activating group) is 1. The number of aliphatic hydroxyl groups excluding tert-OH is 1. The summed E-state index contributed by atoms with van der Waals surface area (Å²) in [5.74, 6) is 2.36. The van der Waals surface area contributed by atoms with Gasteiger partial charge in [0.2, 0.25) is 0 Å². The average molecular weight is 295 g/mol. The molecule has 0 amide bonds. The van der Waals surface area contributed by atoms with E-state index in [1.54, 1.807) is 0 Å². The number of aryl methyl sites for hydroxylation is 1. The van der Waals surface area contributed by atoms with Gasteiger partial charge in [-0.3, -0.25) is 0 Å². The molecule has 2 heterocycles. The van der Waals surface area contributed by atoms with Crippen LogP contribution in [0.25, 0.3) is 0 Å². The summed E-state index contributed by atoms with van der Waals surface area (Å²) in [5, 5.41) is 10.0. The summed E-state index contributed by atoms with van der Waals surface area (Å²) >= 11 is 0. The second kappa shape index (κ2) is 7.92. The van der Waals surface area contributed by atoms with Crippen molar-refractivity contribution in [2.75, 3.05) is 33.4 Å². The highest BCUT2D eigenvalue weighted by atomic mass is 16.5. The first-order valence-electron chi connectivity index (χ1n) is 7.99. The lowest BCUT2D eigenvalue weighted by molar-refractivity contribution is 0.00932. The number of imidazole rings is 1. The summed E-state index contributed by atoms with van der Waals surface area (Å²) in [4.78, 5) is 6.58. The van der Waals surface area contributed by atoms with E-state index >= 15 is 0 Å². The molecular weight excluding hydrogens is 266 g/mol. The third kappa shape index (κ3) is 5.41. The summed E-state index contributed by atoms with van der Waals surface area (Å²) in [6.07, 6.45) is 5.79. The molecule has 0 aromatic carbocycles. The van der Waals surface area contributed by atoms with Crippen LogP contribution in [-0.4, -0.2) is 59.0 Å². The average Bonchev–Trinajstić information content (AvgIpc) is 2.85. The molecule has 5 heteroatoms. The Hall–Kier alpha value is -0.910. The number of ether oxygens (including phenoxy) is 1. The molecule has 0 radical (unpaired) electrons. The number of fused-ring (bicyclic) bond motifs is 1. The summed E-state index contributed by atoms with van der Waals surface area (Å²) in [6.45, 7) is 8.10. The Kier molecular flexibility index (Phi) is 6.21. The quantitative estimate of drug-likeness (QED) is 0.788. The molecule has 1 aliphatic heterocycles. The summed E-state index contributed by atoms with van der Waals surface area (Å²) < 4.78 is 7.75. The highest BCUT2D eigenvalue weighted by Crippen LogP contribution is 2.19. The monoisotopic (exact) mass is 295 g/mol. The maximum atomic E-state index is 10.0. The van der Waals surface area contributed by atoms with E-state index in [4.69, 9.17) is 4.74 Å². The first-order chi connectivity index (χ1) is 10.0. The van der Waals surface area contributed by atoms with Crippen LogP contribution in [0.3, 0.4) is 0 Å². The standard InChI is InChI=1S/C16H29N3O2/c1-13(2)11-21-12-15(20)10-18(3)8-14-4-5-16-17-6-7-19(16)9-14/h6-7,13-15,20H,4-5,8-12H2,1-3H3/t14-,15-/m1/s1. The van der Waals surface area contributed by atoms with E-state index in [1.165, 1.54) is 12.2 Å². The predicted octanol–water partition coefficient (Wildman–Crippen LogP) is 1.41. The van der Waals surface area contributed by atoms with Crippen LogP contribution in [0.1, 0.15) is 26.1 Å². The van der Waals surface area contributed by atoms with Gasteiger partial charge in [0.15, 0.2) is 0 Å². The third-order valence-corrected chi connectivity index (χ3v) is 3.89. The lowest BCUT2D eigenvalue weighted by Gasteiger charge is -2.29. The van der Waals surface area contributed by atoms with Crippen LogP contribution in [-0.2, 0) is 17.7 Å². The van der Waals surface area contributed by atoms with Gasteiger partial charge in [-0.2, -0.15) is 0 Å². The Morgan fingerprint density at radius 1 is 1.48 bits per heavy atom. The SMILES string of the molecule is CC(C)COC[C@H](O)CN(C)C[C@H]1CCc2nccn2C1. The van der Waals surface area contributed by atoms with Crippen molar-refractivity contribution < 1.29 is 9.84 Å². The van der Waals surface area contributed by atoms with Crippen molar-refractivity contribution in [3.8, 4) is 0 Å². The molecule has 120 valence electrons. The minimum atomic E-state index is -0.402. The van der Waals surface area contributed by atoms with Gasteiger partial charge in [0.05, 0.1) is 12.7 Å². The second-order valence-electron chi connectivity index (χ2n) is 6.71. The fraction of sp³-hybridized carbons (Fsp3) is 0.812. The van der Waals surface area contributed by atoms with Crippen molar-refractivity contribution in [3.05, 3.63) is 18.2 Å². The van der Waals surface area contributed by atoms with Crippen molar-refractivity contribution in [1.29, 1.82) is 0 Å². The maximum absolute atomic E-state index is 10.0. The second-order valence-corrected chi connectivity index (χ2v) is 6.71. The molecule has 2 atom stereocenters. The van der Waals surface area contributed by atoms with Gasteiger partial charge in [0.1, 0.15) is 5.82 Å². The number of aliphatic hydroxyl groups is 1. The van der Waals surface area contributed by atoms with Crippen LogP contribution in [0, 0.1) is 11.8 Å². The Morgan fingerprint density at radius 2 is 2.29 bits per heavy atom. The van der Waals surface area contributed by atoms with E-state index in [-0.39, 0.29) is 0 Å². The zero-order valence-electron chi connectivity index (χ0n) is 13.5. The van der Waals surface area contributed by atoms with Gasteiger partial charge in [-0.25, -0.2) is 4.98 Å². The van der Waals surface area contributed by atoms with Crippen LogP contribution in [0.2, 0.25) is 0 Å². The predicted molar refractivity (Wildman–Crippen MR) is 83.2 cm³/mol. The molecule has 0 bridgehead atoms. The van der Waals surface area contributed by atoms with Gasteiger partial charge < -0.3 is 19.3 Å². The van der Waals surface area contributed by atoms with Crippen molar-refractivity contribution in [2.24, 2.45) is 11.8 Å². The zero-order valence-corrected chi connectivity index (χ0v) is 13.5. The molecule has 2 rings (SSSR count). The van der Waals surface area contributed by atoms with Crippen molar-refractivity contribution in [2.45, 2.75) is 39.3 Å². The minimum absolute atomic E-state index is 0.402. The number of rotatable bonds is 8. The van der Waals surface area contributed by atoms with Gasteiger partial charge >= 0.3 is 0 Å². The highest BCUT2D eigenvalue weighted by Gasteiger charge is 2.20. The smallest absolute Gasteiger partial charge is 0.108 e. The summed E-state index contributed by atoms with van der Waals surface area (Å²) in [7, 11) is 2.08. The molecule has 0 saturated heterocycles. The van der Waals surface area contributed by atoms with Gasteiger partial charge in [0, 0.05) is 45.1 Å². The molecule has 0 aliphatic carbocycles. The van der Waals surface area contributed by atoms with Crippen LogP contribution >= 0.6 is 0 Å². The zero-order chi connectivity index (χ0) is 15.2. The molecule has 1 aromatic heterocycles. The first kappa shape index (κ1) is 16.5. The van der Waals surface area contributed by atoms with Crippen LogP contribution < -0.4 is 0 Å². The minimum Gasteiger partial charge on any atom is -0.389 e. The number of hydrogen-bond donors (Lipinski definition) is 1. The number of aromatic nitrogens is 2. The van der Waals surface area contributed by atoms with E-state index in [9.17, 15) is 5.11 Å². The summed E-state index contributed by atoms with van der Waals surface area (Å²) in [6, 6.07) is 0. The van der Waals surface area contributed by atoms with Crippen molar-refractivity contribution in [3.63, 3.8) is 0 Å². The summed E-state index contributed by atoms with van der Waals surface area (Å²) in [5.41, 5.74) is 0. The molecule has 0 unspecified atom stereocenters. The van der Waals surface area contributed by atoms with Crippen LogP contribution in [0.15, 0.2) is 12.4 Å². The Bertz CT molecular complexity index is 419. The Labute approximate surface area is 127 Å². The lowest BCUT2D eigenvalue weighted by Crippen LogP contribution is -2.37. The van der Waals surface area contributed by atoms with E-state index in [2.05, 4.69) is 41.5 Å². The molecular formula is C16H29N3O2. The molecule has 0 spiro atoms. The fourth-order valence-electron chi connectivity index (χ4n) is 2.95. The first-order valence-corrected chi connectivity index (χ1v) is 7.99. The van der Waals surface area contributed by atoms with E-state index < -0.39 is 6.10 Å². The number of nitrogens with zero attached hydrogens (tertiary/aromatic N) is 3. The van der Waals surface area contributed by atoms with E-state index in [0.717, 1.165) is 19.5 Å². The van der Waals surface area contributed by atoms with Crippen LogP contribution in [0.4, 0.5) is 0 Å². The van der Waals surface area contributed by atoms with Gasteiger partial charge in [-0.05, 0) is 25.3 Å². The number of hydrogen-bond acceptors (Lipinski definition) is 4. The normalized spacial score (nSPS) is 20.0. The maximum Gasteiger partial charge on any atom is 0.108 e. The fourth-order valence-corrected chi connectivity index (χ4v) is 2.95. The Balaban J connectivity index is 1.66. The van der Waals surface area contributed by atoms with Gasteiger partial charge in [-0.15, -0.1) is 0 Å². The highest BCUT2D eigenvalue weighted by molar-refractivity contribution is 4.96. The van der Waals surface area contributed by atoms with Crippen molar-refractivity contribution >= 4 is 0 Å². The molecule has 0 saturated carbocycles. The molecule has 1 N–H and O–H groups in total. The van der Waals surface area contributed by atoms with Gasteiger partial charge in [-0.1, -0.05) is 13.8 Å². The van der Waals surface area contributed by atoms with E-state index in [0.29, 0.717) is 31.6 Å². The molecule has 1 aromatic rings. The molecule has 1 aliphatic rings. The van der Waals surface area contributed by atoms with Crippen LogP contribution in [0.5, 0.6) is 0 Å². The third-order valence-electron chi connectivity index (χ3n) is 3.89. The van der Waals surface area contributed by atoms with Crippen molar-refractivity contribution in [1.82, 2.24) is 14.5 Å². The largest absolute Gasteiger partial charge is 0.389 e. The molecule has 21 heavy (non-hydrogen) atoms. The molecule has 5 nitrogen and oxygen atoms in total. The Morgan fingerprint density at radius 3 is 3.05 bits per heavy atom. The lowest BCUT2D eigenvalue weighted by atomic mass is 9.99.